The third-order valence-electron chi connectivity index (χ3n) is 1.20. The van der Waals surface area contributed by atoms with E-state index >= 15 is 0 Å². The highest BCUT2D eigenvalue weighted by atomic mass is 35.5. The van der Waals surface area contributed by atoms with Crippen molar-refractivity contribution in [2.75, 3.05) is 7.02 Å². The maximum Gasteiger partial charge on any atom is 0.238 e. The summed E-state index contributed by atoms with van der Waals surface area (Å²) >= 11 is 5.17. The lowest BCUT2D eigenvalue weighted by molar-refractivity contribution is -0.118. The zero-order valence-corrected chi connectivity index (χ0v) is 6.73. The molecule has 0 aliphatic heterocycles. The summed E-state index contributed by atoms with van der Waals surface area (Å²) in [6.07, 6.45) is 0.340. The molecule has 0 saturated heterocycles. The Morgan fingerprint density at radius 3 is 2.82 bits per heavy atom. The Hall–Kier alpha value is -0.610. The van der Waals surface area contributed by atoms with Crippen molar-refractivity contribution in [1.82, 2.24) is 5.32 Å². The van der Waals surface area contributed by atoms with Crippen molar-refractivity contribution >= 4 is 22.8 Å². The first-order chi connectivity index (χ1) is 5.57. The molecular formula is C6H11ClN2O2. The van der Waals surface area contributed by atoms with E-state index in [-0.39, 0.29) is 19.9 Å². The van der Waals surface area contributed by atoms with Crippen LogP contribution in [0.15, 0.2) is 0 Å². The normalized spacial score (nSPS) is 13.7. The molecule has 0 heterocycles. The molecule has 4 nitrogen and oxygen atoms in total. The summed E-state index contributed by atoms with van der Waals surface area (Å²) in [5.74, 6) is -0.482. The third-order valence-corrected chi connectivity index (χ3v) is 1.46. The summed E-state index contributed by atoms with van der Waals surface area (Å²) in [5.41, 5.74) is 4.87. The minimum absolute atomic E-state index is 0.0934. The largest absolute Gasteiger partial charge is 0.370 e. The average Bonchev–Trinajstić information content (AvgIpc) is 1.96. The van der Waals surface area contributed by atoms with E-state index in [1.165, 1.54) is 0 Å². The van der Waals surface area contributed by atoms with Gasteiger partial charge in [0.25, 0.3) is 0 Å². The molecule has 0 fully saturated rings. The van der Waals surface area contributed by atoms with E-state index in [2.05, 4.69) is 5.32 Å². The SMILES string of the molecule is [2H]CN[C@@H](CCC(N)=O)C(=O)Cl. The minimum atomic E-state index is -0.642. The van der Waals surface area contributed by atoms with Crippen molar-refractivity contribution in [3.8, 4) is 0 Å². The Kier molecular flexibility index (Phi) is 3.93. The van der Waals surface area contributed by atoms with E-state index in [9.17, 15) is 9.59 Å². The van der Waals surface area contributed by atoms with Crippen molar-refractivity contribution < 1.29 is 11.0 Å². The van der Waals surface area contributed by atoms with E-state index in [4.69, 9.17) is 18.7 Å². The summed E-state index contributed by atoms with van der Waals surface area (Å²) in [5, 5.41) is 1.92. The van der Waals surface area contributed by atoms with Crippen LogP contribution in [0.5, 0.6) is 0 Å². The number of hydrogen-bond acceptors (Lipinski definition) is 3. The van der Waals surface area contributed by atoms with Crippen LogP contribution >= 0.6 is 11.6 Å². The molecular weight excluding hydrogens is 168 g/mol. The maximum absolute atomic E-state index is 10.6. The smallest absolute Gasteiger partial charge is 0.238 e. The average molecular weight is 180 g/mol. The van der Waals surface area contributed by atoms with E-state index < -0.39 is 17.2 Å². The lowest BCUT2D eigenvalue weighted by Gasteiger charge is -2.08. The molecule has 0 saturated carbocycles. The number of carbonyl (C=O) groups excluding carboxylic acids is 2. The van der Waals surface area contributed by atoms with E-state index in [1.807, 2.05) is 0 Å². The molecule has 5 heteroatoms. The molecule has 64 valence electrons. The van der Waals surface area contributed by atoms with Crippen LogP contribution in [-0.2, 0) is 9.59 Å². The van der Waals surface area contributed by atoms with Gasteiger partial charge in [-0.25, -0.2) is 0 Å². The van der Waals surface area contributed by atoms with Crippen molar-refractivity contribution in [2.24, 2.45) is 5.73 Å². The second-order valence-electron chi connectivity index (χ2n) is 2.07. The molecule has 0 rings (SSSR count). The third kappa shape index (κ3) is 4.75. The van der Waals surface area contributed by atoms with Crippen LogP contribution in [0.2, 0.25) is 0 Å². The fourth-order valence-corrected chi connectivity index (χ4v) is 0.769. The molecule has 0 aromatic rings. The van der Waals surface area contributed by atoms with Crippen LogP contribution < -0.4 is 11.1 Å². The molecule has 0 radical (unpaired) electrons. The Balaban J connectivity index is 3.79. The second-order valence-corrected chi connectivity index (χ2v) is 2.44. The van der Waals surface area contributed by atoms with Crippen molar-refractivity contribution in [2.45, 2.75) is 18.9 Å². The van der Waals surface area contributed by atoms with Gasteiger partial charge in [0.15, 0.2) is 0 Å². The lowest BCUT2D eigenvalue weighted by Crippen LogP contribution is -2.32. The van der Waals surface area contributed by atoms with Gasteiger partial charge in [-0.1, -0.05) is 0 Å². The fraction of sp³-hybridized carbons (Fsp3) is 0.667. The zero-order valence-electron chi connectivity index (χ0n) is 6.97. The van der Waals surface area contributed by atoms with Crippen LogP contribution in [0.4, 0.5) is 0 Å². The highest BCUT2D eigenvalue weighted by molar-refractivity contribution is 6.64. The van der Waals surface area contributed by atoms with E-state index in [1.54, 1.807) is 0 Å². The van der Waals surface area contributed by atoms with Crippen LogP contribution in [0.3, 0.4) is 0 Å². The van der Waals surface area contributed by atoms with Gasteiger partial charge in [0.2, 0.25) is 11.1 Å². The fourth-order valence-electron chi connectivity index (χ4n) is 0.582. The molecule has 0 aromatic heterocycles. The molecule has 0 spiro atoms. The number of likely N-dealkylation sites (N-methyl/N-ethyl adjacent to an activating group) is 1. The van der Waals surface area contributed by atoms with Crippen LogP contribution in [0.1, 0.15) is 14.2 Å². The first-order valence-corrected chi connectivity index (χ1v) is 3.46. The molecule has 0 aliphatic carbocycles. The van der Waals surface area contributed by atoms with Gasteiger partial charge in [-0.3, -0.25) is 9.59 Å². The number of carbonyl (C=O) groups is 2. The zero-order chi connectivity index (χ0) is 9.56. The Morgan fingerprint density at radius 1 is 1.82 bits per heavy atom. The van der Waals surface area contributed by atoms with Gasteiger partial charge in [0.1, 0.15) is 0 Å². The number of amides is 1. The summed E-state index contributed by atoms with van der Waals surface area (Å²) in [6, 6.07) is -0.642. The van der Waals surface area contributed by atoms with E-state index in [0.29, 0.717) is 0 Å². The van der Waals surface area contributed by atoms with Gasteiger partial charge in [-0.05, 0) is 25.0 Å². The number of primary amides is 1. The summed E-state index contributed by atoms with van der Waals surface area (Å²) in [4.78, 5) is 20.9. The van der Waals surface area contributed by atoms with Gasteiger partial charge in [0.05, 0.1) is 6.04 Å². The molecule has 0 aromatic carbocycles. The number of rotatable bonds is 5. The highest BCUT2D eigenvalue weighted by Gasteiger charge is 2.13. The lowest BCUT2D eigenvalue weighted by atomic mass is 10.2. The van der Waals surface area contributed by atoms with Crippen molar-refractivity contribution in [3.05, 3.63) is 0 Å². The number of nitrogens with one attached hydrogen (secondary N) is 1. The first-order valence-electron chi connectivity index (χ1n) is 3.79. The molecule has 0 unspecified atom stereocenters. The maximum atomic E-state index is 10.6. The van der Waals surface area contributed by atoms with Gasteiger partial charge >= 0.3 is 0 Å². The minimum Gasteiger partial charge on any atom is -0.370 e. The molecule has 0 bridgehead atoms. The summed E-state index contributed by atoms with van der Waals surface area (Å²) in [6.45, 7) is 0. The van der Waals surface area contributed by atoms with Crippen molar-refractivity contribution in [3.63, 3.8) is 0 Å². The molecule has 3 N–H and O–H groups in total. The predicted octanol–water partition coefficient (Wildman–Crippen LogP) is -0.395. The Morgan fingerprint density at radius 2 is 2.45 bits per heavy atom. The van der Waals surface area contributed by atoms with Gasteiger partial charge in [-0.15, -0.1) is 0 Å². The van der Waals surface area contributed by atoms with E-state index in [0.717, 1.165) is 0 Å². The molecule has 11 heavy (non-hydrogen) atoms. The van der Waals surface area contributed by atoms with Gasteiger partial charge < -0.3 is 11.1 Å². The summed E-state index contributed by atoms with van der Waals surface area (Å²) < 4.78 is 6.77. The Bertz CT molecular complexity index is 177. The number of hydrogen-bond donors (Lipinski definition) is 2. The number of halogens is 1. The van der Waals surface area contributed by atoms with Crippen molar-refractivity contribution in [1.29, 1.82) is 0 Å². The summed E-state index contributed by atoms with van der Waals surface area (Å²) in [7, 11) is -0.109. The monoisotopic (exact) mass is 179 g/mol. The van der Waals surface area contributed by atoms with Gasteiger partial charge in [0, 0.05) is 7.79 Å². The topological polar surface area (TPSA) is 72.2 Å². The number of nitrogens with two attached hydrogens (primary N) is 1. The quantitative estimate of drug-likeness (QED) is 0.565. The van der Waals surface area contributed by atoms with Gasteiger partial charge in [-0.2, -0.15) is 0 Å². The molecule has 1 amide bonds. The predicted molar refractivity (Wildman–Crippen MR) is 42.1 cm³/mol. The van der Waals surface area contributed by atoms with Crippen LogP contribution in [0, 0.1) is 0 Å². The first kappa shape index (κ1) is 8.49. The molecule has 0 aliphatic rings. The second kappa shape index (κ2) is 5.09. The van der Waals surface area contributed by atoms with Crippen LogP contribution in [0.25, 0.3) is 0 Å². The van der Waals surface area contributed by atoms with Crippen LogP contribution in [-0.4, -0.2) is 24.2 Å². The Labute approximate surface area is 71.5 Å². The highest BCUT2D eigenvalue weighted by Crippen LogP contribution is 1.99. The standard InChI is InChI=1S/C6H11ClN2O2/c1-9-4(6(7)11)2-3-5(8)10/h4,9H,2-3H2,1H3,(H2,8,10)/t4-/m0/s1/i1D. The molecule has 1 atom stereocenters.